The number of nitrogens with zero attached hydrogens (tertiary/aromatic N) is 1. The standard InChI is InChI=1S/C15H21N3O2S/c1-4-13-7-5-6-8-15(13)21(19,20)16-10-9-14-11(2)17-18-12(14)3/h5-8,16H,4,9-10H2,1-3H3,(H,17,18). The summed E-state index contributed by atoms with van der Waals surface area (Å²) in [4.78, 5) is 0.369. The number of aromatic nitrogens is 2. The molecule has 6 heteroatoms. The summed E-state index contributed by atoms with van der Waals surface area (Å²) < 4.78 is 27.4. The van der Waals surface area contributed by atoms with Gasteiger partial charge in [-0.2, -0.15) is 5.10 Å². The van der Waals surface area contributed by atoms with Gasteiger partial charge in [-0.25, -0.2) is 13.1 Å². The molecule has 0 fully saturated rings. The molecule has 1 aromatic carbocycles. The Balaban J connectivity index is 2.08. The Kier molecular flexibility index (Phi) is 4.80. The first kappa shape index (κ1) is 15.7. The maximum absolute atomic E-state index is 12.4. The molecule has 0 unspecified atom stereocenters. The largest absolute Gasteiger partial charge is 0.282 e. The summed E-state index contributed by atoms with van der Waals surface area (Å²) in [5, 5.41) is 7.02. The quantitative estimate of drug-likeness (QED) is 0.858. The number of sulfonamides is 1. The van der Waals surface area contributed by atoms with Gasteiger partial charge in [-0.15, -0.1) is 0 Å². The summed E-state index contributed by atoms with van der Waals surface area (Å²) in [6.45, 7) is 6.17. The van der Waals surface area contributed by atoms with Gasteiger partial charge in [0, 0.05) is 12.2 Å². The molecule has 5 nitrogen and oxygen atoms in total. The molecule has 0 amide bonds. The Bertz CT molecular complexity index is 701. The molecule has 2 aromatic rings. The van der Waals surface area contributed by atoms with Crippen molar-refractivity contribution in [3.63, 3.8) is 0 Å². The molecule has 0 aliphatic carbocycles. The number of benzene rings is 1. The molecule has 0 aliphatic heterocycles. The topological polar surface area (TPSA) is 74.8 Å². The molecule has 1 aromatic heterocycles. The van der Waals surface area contributed by atoms with Gasteiger partial charge in [-0.05, 0) is 43.9 Å². The Morgan fingerprint density at radius 3 is 2.57 bits per heavy atom. The van der Waals surface area contributed by atoms with Crippen molar-refractivity contribution in [1.82, 2.24) is 14.9 Å². The van der Waals surface area contributed by atoms with Gasteiger partial charge < -0.3 is 0 Å². The minimum Gasteiger partial charge on any atom is -0.282 e. The highest BCUT2D eigenvalue weighted by atomic mass is 32.2. The summed E-state index contributed by atoms with van der Waals surface area (Å²) >= 11 is 0. The van der Waals surface area contributed by atoms with E-state index < -0.39 is 10.0 Å². The first-order valence-electron chi connectivity index (χ1n) is 7.03. The molecule has 0 spiro atoms. The van der Waals surface area contributed by atoms with Gasteiger partial charge in [-0.1, -0.05) is 25.1 Å². The van der Waals surface area contributed by atoms with Crippen LogP contribution in [0.5, 0.6) is 0 Å². The molecule has 114 valence electrons. The lowest BCUT2D eigenvalue weighted by molar-refractivity contribution is 0.580. The third kappa shape index (κ3) is 3.51. The van der Waals surface area contributed by atoms with Gasteiger partial charge in [0.1, 0.15) is 0 Å². The molecular weight excluding hydrogens is 286 g/mol. The highest BCUT2D eigenvalue weighted by molar-refractivity contribution is 7.89. The van der Waals surface area contributed by atoms with Crippen molar-refractivity contribution >= 4 is 10.0 Å². The average Bonchev–Trinajstić information content (AvgIpc) is 2.79. The molecule has 1 heterocycles. The second-order valence-electron chi connectivity index (χ2n) is 5.02. The van der Waals surface area contributed by atoms with Crippen LogP contribution >= 0.6 is 0 Å². The molecule has 21 heavy (non-hydrogen) atoms. The van der Waals surface area contributed by atoms with Crippen LogP contribution in [0.3, 0.4) is 0 Å². The third-order valence-electron chi connectivity index (χ3n) is 3.59. The van der Waals surface area contributed by atoms with Crippen LogP contribution in [-0.4, -0.2) is 25.2 Å². The maximum atomic E-state index is 12.4. The minimum absolute atomic E-state index is 0.363. The van der Waals surface area contributed by atoms with E-state index in [0.29, 0.717) is 24.3 Å². The van der Waals surface area contributed by atoms with E-state index in [4.69, 9.17) is 0 Å². The van der Waals surface area contributed by atoms with E-state index in [0.717, 1.165) is 22.5 Å². The van der Waals surface area contributed by atoms with Crippen LogP contribution in [0.2, 0.25) is 0 Å². The van der Waals surface area contributed by atoms with E-state index in [9.17, 15) is 8.42 Å². The molecule has 0 saturated carbocycles. The predicted octanol–water partition coefficient (Wildman–Crippen LogP) is 2.11. The number of hydrogen-bond donors (Lipinski definition) is 2. The van der Waals surface area contributed by atoms with Crippen molar-refractivity contribution in [2.75, 3.05) is 6.54 Å². The normalized spacial score (nSPS) is 11.8. The highest BCUT2D eigenvalue weighted by Gasteiger charge is 2.17. The molecular formula is C15H21N3O2S. The van der Waals surface area contributed by atoms with Gasteiger partial charge in [0.25, 0.3) is 0 Å². The Labute approximate surface area is 125 Å². The zero-order valence-corrected chi connectivity index (χ0v) is 13.4. The van der Waals surface area contributed by atoms with Crippen LogP contribution in [-0.2, 0) is 22.9 Å². The van der Waals surface area contributed by atoms with Crippen molar-refractivity contribution in [2.24, 2.45) is 0 Å². The summed E-state index contributed by atoms with van der Waals surface area (Å²) in [5.74, 6) is 0. The van der Waals surface area contributed by atoms with Crippen molar-refractivity contribution in [3.8, 4) is 0 Å². The summed E-state index contributed by atoms with van der Waals surface area (Å²) in [6, 6.07) is 7.10. The van der Waals surface area contributed by atoms with E-state index in [1.54, 1.807) is 12.1 Å². The molecule has 2 N–H and O–H groups in total. The Hall–Kier alpha value is -1.66. The fourth-order valence-electron chi connectivity index (χ4n) is 2.39. The van der Waals surface area contributed by atoms with Crippen LogP contribution in [0.25, 0.3) is 0 Å². The predicted molar refractivity (Wildman–Crippen MR) is 82.8 cm³/mol. The maximum Gasteiger partial charge on any atom is 0.240 e. The number of hydrogen-bond acceptors (Lipinski definition) is 3. The number of aromatic amines is 1. The second kappa shape index (κ2) is 6.41. The smallest absolute Gasteiger partial charge is 0.240 e. The fraction of sp³-hybridized carbons (Fsp3) is 0.400. The van der Waals surface area contributed by atoms with Crippen molar-refractivity contribution in [1.29, 1.82) is 0 Å². The molecule has 2 rings (SSSR count). The number of nitrogens with one attached hydrogen (secondary N) is 2. The Morgan fingerprint density at radius 1 is 1.24 bits per heavy atom. The first-order chi connectivity index (χ1) is 9.95. The van der Waals surface area contributed by atoms with Crippen molar-refractivity contribution in [2.45, 2.75) is 38.5 Å². The van der Waals surface area contributed by atoms with Crippen LogP contribution in [0.1, 0.15) is 29.4 Å². The van der Waals surface area contributed by atoms with E-state index in [1.165, 1.54) is 0 Å². The lowest BCUT2D eigenvalue weighted by Gasteiger charge is -2.10. The Morgan fingerprint density at radius 2 is 1.95 bits per heavy atom. The molecule has 0 atom stereocenters. The fourth-order valence-corrected chi connectivity index (χ4v) is 3.73. The molecule has 0 aliphatic rings. The van der Waals surface area contributed by atoms with Crippen molar-refractivity contribution in [3.05, 3.63) is 46.8 Å². The van der Waals surface area contributed by atoms with E-state index in [1.807, 2.05) is 32.9 Å². The lowest BCUT2D eigenvalue weighted by atomic mass is 10.1. The SMILES string of the molecule is CCc1ccccc1S(=O)(=O)NCCc1c(C)n[nH]c1C. The zero-order valence-electron chi connectivity index (χ0n) is 12.6. The van der Waals surface area contributed by atoms with E-state index >= 15 is 0 Å². The average molecular weight is 307 g/mol. The van der Waals surface area contributed by atoms with Gasteiger partial charge in [0.15, 0.2) is 0 Å². The van der Waals surface area contributed by atoms with Gasteiger partial charge in [0.05, 0.1) is 10.6 Å². The van der Waals surface area contributed by atoms with Crippen LogP contribution in [0.4, 0.5) is 0 Å². The lowest BCUT2D eigenvalue weighted by Crippen LogP contribution is -2.27. The van der Waals surface area contributed by atoms with Crippen LogP contribution < -0.4 is 4.72 Å². The number of aryl methyl sites for hydroxylation is 3. The molecule has 0 bridgehead atoms. The highest BCUT2D eigenvalue weighted by Crippen LogP contribution is 2.16. The zero-order chi connectivity index (χ0) is 15.5. The van der Waals surface area contributed by atoms with Gasteiger partial charge >= 0.3 is 0 Å². The molecule has 0 saturated heterocycles. The van der Waals surface area contributed by atoms with Gasteiger partial charge in [0.2, 0.25) is 10.0 Å². The van der Waals surface area contributed by atoms with Crippen LogP contribution in [0, 0.1) is 13.8 Å². The number of H-pyrrole nitrogens is 1. The van der Waals surface area contributed by atoms with E-state index in [2.05, 4.69) is 14.9 Å². The third-order valence-corrected chi connectivity index (χ3v) is 5.15. The van der Waals surface area contributed by atoms with Crippen molar-refractivity contribution < 1.29 is 8.42 Å². The molecule has 0 radical (unpaired) electrons. The van der Waals surface area contributed by atoms with Crippen LogP contribution in [0.15, 0.2) is 29.2 Å². The minimum atomic E-state index is -3.46. The number of rotatable bonds is 6. The van der Waals surface area contributed by atoms with E-state index in [-0.39, 0.29) is 0 Å². The second-order valence-corrected chi connectivity index (χ2v) is 6.76. The monoisotopic (exact) mass is 307 g/mol. The summed E-state index contributed by atoms with van der Waals surface area (Å²) in [5.41, 5.74) is 3.81. The van der Waals surface area contributed by atoms with Gasteiger partial charge in [-0.3, -0.25) is 5.10 Å². The summed E-state index contributed by atoms with van der Waals surface area (Å²) in [6.07, 6.45) is 1.32. The first-order valence-corrected chi connectivity index (χ1v) is 8.52. The summed E-state index contributed by atoms with van der Waals surface area (Å²) in [7, 11) is -3.46.